The van der Waals surface area contributed by atoms with Gasteiger partial charge in [0.05, 0.1) is 13.2 Å². The Balaban J connectivity index is 1.82. The number of amides is 1. The predicted molar refractivity (Wildman–Crippen MR) is 72.9 cm³/mol. The molecule has 1 aromatic rings. The molecule has 1 aromatic heterocycles. The first-order chi connectivity index (χ1) is 9.65. The van der Waals surface area contributed by atoms with Gasteiger partial charge in [-0.05, 0) is 12.8 Å². The number of ether oxygens (including phenoxy) is 1. The van der Waals surface area contributed by atoms with Crippen molar-refractivity contribution in [1.29, 1.82) is 0 Å². The van der Waals surface area contributed by atoms with Crippen molar-refractivity contribution in [2.45, 2.75) is 25.3 Å². The molecule has 1 saturated carbocycles. The highest BCUT2D eigenvalue weighted by molar-refractivity contribution is 6.29. The summed E-state index contributed by atoms with van der Waals surface area (Å²) in [7, 11) is 0. The molecular formula is C13H16ClN3O3. The standard InChI is InChI=1S/C13H16ClN3O3/c14-10-7-11(18)17(13(15-10)9-1-2-9)8-12(19)16-3-5-20-6-4-16/h7,9H,1-6,8H2. The lowest BCUT2D eigenvalue weighted by molar-refractivity contribution is -0.136. The van der Waals surface area contributed by atoms with Crippen molar-refractivity contribution in [3.63, 3.8) is 0 Å². The summed E-state index contributed by atoms with van der Waals surface area (Å²) in [6, 6.07) is 1.26. The first-order valence-corrected chi connectivity index (χ1v) is 7.16. The van der Waals surface area contributed by atoms with E-state index in [-0.39, 0.29) is 29.1 Å². The van der Waals surface area contributed by atoms with E-state index in [0.29, 0.717) is 32.1 Å². The van der Waals surface area contributed by atoms with Gasteiger partial charge in [0.1, 0.15) is 17.5 Å². The van der Waals surface area contributed by atoms with Crippen molar-refractivity contribution in [2.75, 3.05) is 26.3 Å². The monoisotopic (exact) mass is 297 g/mol. The smallest absolute Gasteiger partial charge is 0.255 e. The first kappa shape index (κ1) is 13.6. The van der Waals surface area contributed by atoms with Crippen LogP contribution in [0.4, 0.5) is 0 Å². The van der Waals surface area contributed by atoms with Crippen molar-refractivity contribution in [3.8, 4) is 0 Å². The van der Waals surface area contributed by atoms with E-state index in [1.54, 1.807) is 4.90 Å². The molecule has 2 aliphatic rings. The third-order valence-corrected chi connectivity index (χ3v) is 3.80. The van der Waals surface area contributed by atoms with E-state index in [9.17, 15) is 9.59 Å². The molecule has 0 radical (unpaired) electrons. The molecule has 1 saturated heterocycles. The zero-order chi connectivity index (χ0) is 14.1. The van der Waals surface area contributed by atoms with Crippen LogP contribution in [0.2, 0.25) is 5.15 Å². The van der Waals surface area contributed by atoms with Crippen LogP contribution >= 0.6 is 11.6 Å². The van der Waals surface area contributed by atoms with Crippen molar-refractivity contribution in [2.24, 2.45) is 0 Å². The summed E-state index contributed by atoms with van der Waals surface area (Å²) in [6.45, 7) is 2.29. The molecule has 3 rings (SSSR count). The molecule has 0 bridgehead atoms. The molecule has 0 spiro atoms. The van der Waals surface area contributed by atoms with Gasteiger partial charge in [-0.2, -0.15) is 0 Å². The molecule has 6 nitrogen and oxygen atoms in total. The molecule has 20 heavy (non-hydrogen) atoms. The summed E-state index contributed by atoms with van der Waals surface area (Å²) in [5.74, 6) is 0.837. The van der Waals surface area contributed by atoms with Gasteiger partial charge in [-0.15, -0.1) is 0 Å². The third kappa shape index (κ3) is 2.86. The van der Waals surface area contributed by atoms with Crippen LogP contribution in [-0.4, -0.2) is 46.7 Å². The van der Waals surface area contributed by atoms with Gasteiger partial charge in [-0.25, -0.2) is 4.98 Å². The molecule has 0 aromatic carbocycles. The highest BCUT2D eigenvalue weighted by Crippen LogP contribution is 2.38. The third-order valence-electron chi connectivity index (χ3n) is 3.61. The summed E-state index contributed by atoms with van der Waals surface area (Å²) < 4.78 is 6.68. The zero-order valence-electron chi connectivity index (χ0n) is 11.0. The second-order valence-corrected chi connectivity index (χ2v) is 5.52. The minimum Gasteiger partial charge on any atom is -0.378 e. The zero-order valence-corrected chi connectivity index (χ0v) is 11.8. The van der Waals surface area contributed by atoms with Crippen LogP contribution in [-0.2, 0) is 16.1 Å². The van der Waals surface area contributed by atoms with Gasteiger partial charge >= 0.3 is 0 Å². The van der Waals surface area contributed by atoms with Gasteiger partial charge in [-0.3, -0.25) is 14.2 Å². The van der Waals surface area contributed by atoms with Gasteiger partial charge in [0.15, 0.2) is 0 Å². The second kappa shape index (κ2) is 5.54. The van der Waals surface area contributed by atoms with Crippen LogP contribution in [0.5, 0.6) is 0 Å². The van der Waals surface area contributed by atoms with Gasteiger partial charge in [-0.1, -0.05) is 11.6 Å². The summed E-state index contributed by atoms with van der Waals surface area (Å²) in [5, 5.41) is 0.201. The van der Waals surface area contributed by atoms with Crippen LogP contribution in [0.3, 0.4) is 0 Å². The summed E-state index contributed by atoms with van der Waals surface area (Å²) in [4.78, 5) is 30.3. The Hall–Kier alpha value is -1.40. The van der Waals surface area contributed by atoms with E-state index in [2.05, 4.69) is 4.98 Å². The number of rotatable bonds is 3. The minimum absolute atomic E-state index is 0.0365. The van der Waals surface area contributed by atoms with Crippen LogP contribution < -0.4 is 5.56 Å². The fraction of sp³-hybridized carbons (Fsp3) is 0.615. The number of halogens is 1. The number of hydrogen-bond donors (Lipinski definition) is 0. The summed E-state index contributed by atoms with van der Waals surface area (Å²) in [6.07, 6.45) is 2.00. The highest BCUT2D eigenvalue weighted by atomic mass is 35.5. The van der Waals surface area contributed by atoms with Crippen LogP contribution in [0.25, 0.3) is 0 Å². The average Bonchev–Trinajstić information content (AvgIpc) is 3.27. The lowest BCUT2D eigenvalue weighted by Crippen LogP contribution is -2.43. The number of nitrogens with zero attached hydrogens (tertiary/aromatic N) is 3. The normalized spacial score (nSPS) is 19.1. The molecule has 1 aliphatic heterocycles. The maximum absolute atomic E-state index is 12.2. The minimum atomic E-state index is -0.256. The quantitative estimate of drug-likeness (QED) is 0.768. The molecule has 108 valence electrons. The fourth-order valence-corrected chi connectivity index (χ4v) is 2.53. The fourth-order valence-electron chi connectivity index (χ4n) is 2.35. The van der Waals surface area contributed by atoms with E-state index in [0.717, 1.165) is 12.8 Å². The van der Waals surface area contributed by atoms with Crippen LogP contribution in [0.1, 0.15) is 24.6 Å². The highest BCUT2D eigenvalue weighted by Gasteiger charge is 2.30. The maximum Gasteiger partial charge on any atom is 0.255 e. The van der Waals surface area contributed by atoms with E-state index < -0.39 is 0 Å². The van der Waals surface area contributed by atoms with Crippen molar-refractivity contribution in [1.82, 2.24) is 14.5 Å². The average molecular weight is 298 g/mol. The predicted octanol–water partition coefficient (Wildman–Crippen LogP) is 0.633. The van der Waals surface area contributed by atoms with Crippen LogP contribution in [0.15, 0.2) is 10.9 Å². The molecule has 0 atom stereocenters. The Labute approximate surface area is 121 Å². The maximum atomic E-state index is 12.2. The Bertz CT molecular complexity index is 577. The number of morpholine rings is 1. The van der Waals surface area contributed by atoms with Gasteiger partial charge in [0.25, 0.3) is 5.56 Å². The molecule has 2 heterocycles. The molecule has 7 heteroatoms. The number of aromatic nitrogens is 2. The summed E-state index contributed by atoms with van der Waals surface area (Å²) >= 11 is 5.84. The number of carbonyl (C=O) groups is 1. The number of hydrogen-bond acceptors (Lipinski definition) is 4. The molecular weight excluding hydrogens is 282 g/mol. The largest absolute Gasteiger partial charge is 0.378 e. The molecule has 0 N–H and O–H groups in total. The van der Waals surface area contributed by atoms with E-state index in [4.69, 9.17) is 16.3 Å². The Morgan fingerprint density at radius 2 is 2.10 bits per heavy atom. The molecule has 0 unspecified atom stereocenters. The molecule has 2 fully saturated rings. The van der Waals surface area contributed by atoms with E-state index >= 15 is 0 Å². The van der Waals surface area contributed by atoms with E-state index in [1.165, 1.54) is 10.6 Å². The van der Waals surface area contributed by atoms with Gasteiger partial charge in [0.2, 0.25) is 5.91 Å². The SMILES string of the molecule is O=C(Cn1c(C2CC2)nc(Cl)cc1=O)N1CCOCC1. The van der Waals surface area contributed by atoms with Gasteiger partial charge in [0, 0.05) is 25.1 Å². The van der Waals surface area contributed by atoms with Crippen molar-refractivity contribution < 1.29 is 9.53 Å². The topological polar surface area (TPSA) is 64.4 Å². The second-order valence-electron chi connectivity index (χ2n) is 5.13. The summed E-state index contributed by atoms with van der Waals surface area (Å²) in [5.41, 5.74) is -0.256. The van der Waals surface area contributed by atoms with E-state index in [1.807, 2.05) is 0 Å². The Kier molecular flexibility index (Phi) is 3.76. The molecule has 1 amide bonds. The van der Waals surface area contributed by atoms with Crippen molar-refractivity contribution in [3.05, 3.63) is 27.4 Å². The molecule has 1 aliphatic carbocycles. The lowest BCUT2D eigenvalue weighted by atomic mass is 10.3. The van der Waals surface area contributed by atoms with Gasteiger partial charge < -0.3 is 9.64 Å². The number of carbonyl (C=O) groups excluding carboxylic acids is 1. The Morgan fingerprint density at radius 1 is 1.40 bits per heavy atom. The first-order valence-electron chi connectivity index (χ1n) is 6.78. The lowest BCUT2D eigenvalue weighted by Gasteiger charge is -2.27. The van der Waals surface area contributed by atoms with Crippen molar-refractivity contribution >= 4 is 17.5 Å². The Morgan fingerprint density at radius 3 is 2.75 bits per heavy atom. The van der Waals surface area contributed by atoms with Crippen LogP contribution in [0, 0.1) is 0 Å².